The van der Waals surface area contributed by atoms with E-state index in [4.69, 9.17) is 16.3 Å². The Labute approximate surface area is 105 Å². The molecule has 16 heavy (non-hydrogen) atoms. The Balaban J connectivity index is 2.02. The lowest BCUT2D eigenvalue weighted by Crippen LogP contribution is -2.48. The fraction of sp³-hybridized carbons (Fsp3) is 0.667. The zero-order valence-corrected chi connectivity index (χ0v) is 11.0. The summed E-state index contributed by atoms with van der Waals surface area (Å²) in [6.07, 6.45) is 3.15. The molecule has 2 atom stereocenters. The summed E-state index contributed by atoms with van der Waals surface area (Å²) < 4.78 is 7.03. The number of thiophene rings is 1. The summed E-state index contributed by atoms with van der Waals surface area (Å²) in [6.45, 7) is 4.11. The smallest absolute Gasteiger partial charge is 0.105 e. The number of halogens is 1. The van der Waals surface area contributed by atoms with Crippen LogP contribution in [0.3, 0.4) is 0 Å². The summed E-state index contributed by atoms with van der Waals surface area (Å²) in [5.74, 6) is 0. The first-order valence-corrected chi connectivity index (χ1v) is 7.05. The van der Waals surface area contributed by atoms with E-state index in [0.717, 1.165) is 36.8 Å². The molecule has 1 spiro atoms. The third-order valence-corrected chi connectivity index (χ3v) is 5.09. The van der Waals surface area contributed by atoms with Crippen LogP contribution in [0.1, 0.15) is 30.2 Å². The van der Waals surface area contributed by atoms with E-state index in [1.807, 2.05) is 0 Å². The standard InChI is InChI=1S/C12H16ClNOS/c1-8-7-12(3-4-14-8)11-9(2-5-15-12)6-10(13)16-11/h6,8,14H,2-5,7H2,1H3/t8-,12+/m0/s1. The van der Waals surface area contributed by atoms with Gasteiger partial charge in [-0.1, -0.05) is 11.6 Å². The molecule has 0 amide bonds. The molecule has 4 heteroatoms. The predicted octanol–water partition coefficient (Wildman–Crippen LogP) is 2.94. The highest BCUT2D eigenvalue weighted by molar-refractivity contribution is 7.16. The van der Waals surface area contributed by atoms with E-state index < -0.39 is 0 Å². The van der Waals surface area contributed by atoms with Gasteiger partial charge in [-0.25, -0.2) is 0 Å². The van der Waals surface area contributed by atoms with Gasteiger partial charge in [-0.15, -0.1) is 11.3 Å². The quantitative estimate of drug-likeness (QED) is 0.772. The number of ether oxygens (including phenoxy) is 1. The molecule has 0 saturated carbocycles. The van der Waals surface area contributed by atoms with Crippen molar-refractivity contribution in [1.82, 2.24) is 5.32 Å². The van der Waals surface area contributed by atoms with E-state index in [-0.39, 0.29) is 5.60 Å². The van der Waals surface area contributed by atoms with Crippen LogP contribution in [-0.2, 0) is 16.8 Å². The second-order valence-electron chi connectivity index (χ2n) is 4.81. The van der Waals surface area contributed by atoms with Crippen LogP contribution in [-0.4, -0.2) is 19.2 Å². The highest BCUT2D eigenvalue weighted by Crippen LogP contribution is 2.46. The Bertz CT molecular complexity index is 406. The van der Waals surface area contributed by atoms with E-state index in [1.165, 1.54) is 10.4 Å². The largest absolute Gasteiger partial charge is 0.369 e. The highest BCUT2D eigenvalue weighted by Gasteiger charge is 2.42. The second-order valence-corrected chi connectivity index (χ2v) is 6.49. The average Bonchev–Trinajstić information content (AvgIpc) is 2.60. The number of nitrogens with one attached hydrogen (secondary N) is 1. The Kier molecular flexibility index (Phi) is 2.75. The van der Waals surface area contributed by atoms with Crippen molar-refractivity contribution in [2.45, 2.75) is 37.8 Å². The van der Waals surface area contributed by atoms with E-state index >= 15 is 0 Å². The SMILES string of the molecule is C[C@H]1C[C@@]2(CCN1)OCCc1cc(Cl)sc12. The first-order valence-electron chi connectivity index (χ1n) is 5.86. The number of piperidine rings is 1. The third kappa shape index (κ3) is 1.70. The zero-order chi connectivity index (χ0) is 11.2. The lowest BCUT2D eigenvalue weighted by molar-refractivity contribution is -0.0848. The Hall–Kier alpha value is -0.0900. The summed E-state index contributed by atoms with van der Waals surface area (Å²) in [5, 5.41) is 3.48. The first-order chi connectivity index (χ1) is 7.70. The van der Waals surface area contributed by atoms with Gasteiger partial charge in [0.15, 0.2) is 0 Å². The van der Waals surface area contributed by atoms with Gasteiger partial charge < -0.3 is 10.1 Å². The molecular weight excluding hydrogens is 242 g/mol. The van der Waals surface area contributed by atoms with Crippen molar-refractivity contribution in [2.75, 3.05) is 13.2 Å². The number of hydrogen-bond acceptors (Lipinski definition) is 3. The maximum Gasteiger partial charge on any atom is 0.105 e. The van der Waals surface area contributed by atoms with Crippen molar-refractivity contribution >= 4 is 22.9 Å². The van der Waals surface area contributed by atoms with Crippen LogP contribution >= 0.6 is 22.9 Å². The molecule has 1 saturated heterocycles. The zero-order valence-electron chi connectivity index (χ0n) is 9.38. The van der Waals surface area contributed by atoms with Gasteiger partial charge in [0.1, 0.15) is 5.60 Å². The van der Waals surface area contributed by atoms with E-state index in [0.29, 0.717) is 6.04 Å². The molecule has 0 aliphatic carbocycles. The summed E-state index contributed by atoms with van der Waals surface area (Å²) in [6, 6.07) is 2.65. The van der Waals surface area contributed by atoms with Crippen LogP contribution in [0.5, 0.6) is 0 Å². The van der Waals surface area contributed by atoms with Crippen LogP contribution in [0.15, 0.2) is 6.07 Å². The lowest BCUT2D eigenvalue weighted by atomic mass is 9.83. The van der Waals surface area contributed by atoms with Crippen LogP contribution in [0.25, 0.3) is 0 Å². The summed E-state index contributed by atoms with van der Waals surface area (Å²) in [4.78, 5) is 1.39. The van der Waals surface area contributed by atoms with Gasteiger partial charge in [0.25, 0.3) is 0 Å². The molecule has 88 valence electrons. The van der Waals surface area contributed by atoms with E-state index in [2.05, 4.69) is 18.3 Å². The van der Waals surface area contributed by atoms with Crippen molar-refractivity contribution in [1.29, 1.82) is 0 Å². The number of hydrogen-bond donors (Lipinski definition) is 1. The van der Waals surface area contributed by atoms with Gasteiger partial charge >= 0.3 is 0 Å². The fourth-order valence-electron chi connectivity index (χ4n) is 2.91. The summed E-state index contributed by atoms with van der Waals surface area (Å²) in [5.41, 5.74) is 1.37. The molecule has 0 aromatic carbocycles. The predicted molar refractivity (Wildman–Crippen MR) is 67.4 cm³/mol. The highest BCUT2D eigenvalue weighted by atomic mass is 35.5. The van der Waals surface area contributed by atoms with Gasteiger partial charge in [0.2, 0.25) is 0 Å². The molecule has 3 rings (SSSR count). The van der Waals surface area contributed by atoms with Crippen molar-refractivity contribution in [3.8, 4) is 0 Å². The Morgan fingerprint density at radius 1 is 1.62 bits per heavy atom. The van der Waals surface area contributed by atoms with E-state index in [9.17, 15) is 0 Å². The maximum absolute atomic E-state index is 6.14. The van der Waals surface area contributed by atoms with Gasteiger partial charge in [0, 0.05) is 10.9 Å². The topological polar surface area (TPSA) is 21.3 Å². The third-order valence-electron chi connectivity index (χ3n) is 3.60. The molecule has 0 unspecified atom stereocenters. The molecule has 2 nitrogen and oxygen atoms in total. The van der Waals surface area contributed by atoms with Crippen LogP contribution in [0, 0.1) is 0 Å². The normalized spacial score (nSPS) is 34.0. The molecule has 0 radical (unpaired) electrons. The van der Waals surface area contributed by atoms with Crippen LogP contribution < -0.4 is 5.32 Å². The molecule has 1 aromatic rings. The van der Waals surface area contributed by atoms with Crippen LogP contribution in [0.4, 0.5) is 0 Å². The van der Waals surface area contributed by atoms with Gasteiger partial charge in [-0.3, -0.25) is 0 Å². The number of rotatable bonds is 0. The molecule has 0 bridgehead atoms. The van der Waals surface area contributed by atoms with Crippen molar-refractivity contribution in [2.24, 2.45) is 0 Å². The number of fused-ring (bicyclic) bond motifs is 2. The van der Waals surface area contributed by atoms with Gasteiger partial charge in [0.05, 0.1) is 10.9 Å². The van der Waals surface area contributed by atoms with Crippen molar-refractivity contribution < 1.29 is 4.74 Å². The minimum Gasteiger partial charge on any atom is -0.369 e. The minimum absolute atomic E-state index is 0.0456. The Morgan fingerprint density at radius 3 is 3.31 bits per heavy atom. The Morgan fingerprint density at radius 2 is 2.50 bits per heavy atom. The summed E-state index contributed by atoms with van der Waals surface area (Å²) in [7, 11) is 0. The molecule has 2 aliphatic heterocycles. The maximum atomic E-state index is 6.14. The summed E-state index contributed by atoms with van der Waals surface area (Å²) >= 11 is 7.85. The van der Waals surface area contributed by atoms with E-state index in [1.54, 1.807) is 11.3 Å². The second kappa shape index (κ2) is 3.98. The van der Waals surface area contributed by atoms with Crippen LogP contribution in [0.2, 0.25) is 4.34 Å². The molecule has 1 N–H and O–H groups in total. The van der Waals surface area contributed by atoms with Gasteiger partial charge in [-0.05, 0) is 44.4 Å². The molecular formula is C12H16ClNOS. The molecule has 1 aromatic heterocycles. The first kappa shape index (κ1) is 11.0. The van der Waals surface area contributed by atoms with Crippen molar-refractivity contribution in [3.05, 3.63) is 20.8 Å². The lowest BCUT2D eigenvalue weighted by Gasteiger charge is -2.42. The monoisotopic (exact) mass is 257 g/mol. The van der Waals surface area contributed by atoms with Crippen molar-refractivity contribution in [3.63, 3.8) is 0 Å². The molecule has 2 aliphatic rings. The molecule has 3 heterocycles. The molecule has 1 fully saturated rings. The fourth-order valence-corrected chi connectivity index (χ4v) is 4.40. The minimum atomic E-state index is -0.0456. The van der Waals surface area contributed by atoms with Gasteiger partial charge in [-0.2, -0.15) is 0 Å². The average molecular weight is 258 g/mol.